The molecule has 10 heteroatoms. The molecule has 1 aromatic carbocycles. The van der Waals surface area contributed by atoms with Crippen molar-refractivity contribution in [3.8, 4) is 0 Å². The summed E-state index contributed by atoms with van der Waals surface area (Å²) in [5.41, 5.74) is 5.35. The molecule has 1 aromatic rings. The van der Waals surface area contributed by atoms with Gasteiger partial charge in [0, 0.05) is 32.1 Å². The highest BCUT2D eigenvalue weighted by atomic mass is 32.2. The van der Waals surface area contributed by atoms with E-state index < -0.39 is 25.4 Å². The summed E-state index contributed by atoms with van der Waals surface area (Å²) < 4.78 is 51.2. The zero-order valence-electron chi connectivity index (χ0n) is 14.9. The summed E-state index contributed by atoms with van der Waals surface area (Å²) in [6, 6.07) is 6.17. The molecule has 0 radical (unpaired) electrons. The van der Waals surface area contributed by atoms with E-state index in [1.165, 1.54) is 23.4 Å². The van der Waals surface area contributed by atoms with Gasteiger partial charge in [-0.1, -0.05) is 12.1 Å². The van der Waals surface area contributed by atoms with Gasteiger partial charge >= 0.3 is 0 Å². The molecule has 1 aliphatic heterocycles. The van der Waals surface area contributed by atoms with E-state index in [4.69, 9.17) is 5.73 Å². The van der Waals surface area contributed by atoms with Crippen LogP contribution in [0.25, 0.3) is 0 Å². The molecule has 1 heterocycles. The molecule has 26 heavy (non-hydrogen) atoms. The van der Waals surface area contributed by atoms with Gasteiger partial charge in [-0.3, -0.25) is 4.79 Å². The van der Waals surface area contributed by atoms with E-state index in [-0.39, 0.29) is 41.8 Å². The molecule has 1 saturated heterocycles. The van der Waals surface area contributed by atoms with Crippen LogP contribution in [0.2, 0.25) is 0 Å². The molecule has 1 aliphatic rings. The lowest BCUT2D eigenvalue weighted by Gasteiger charge is -2.36. The molecule has 0 saturated carbocycles. The van der Waals surface area contributed by atoms with Crippen LogP contribution in [0.1, 0.15) is 25.8 Å². The molecular formula is C16H25N3O5S2. The van der Waals surface area contributed by atoms with Crippen molar-refractivity contribution in [2.45, 2.75) is 37.2 Å². The summed E-state index contributed by atoms with van der Waals surface area (Å²) in [4.78, 5) is 11.0. The second kappa shape index (κ2) is 7.63. The first-order chi connectivity index (χ1) is 12.0. The molecular weight excluding hydrogens is 378 g/mol. The molecule has 2 rings (SSSR count). The lowest BCUT2D eigenvalue weighted by Crippen LogP contribution is -2.52. The average Bonchev–Trinajstić information content (AvgIpc) is 2.85. The number of hydrogen-bond donors (Lipinski definition) is 2. The molecule has 0 bridgehead atoms. The first kappa shape index (κ1) is 20.8. The Hall–Kier alpha value is -1.49. The van der Waals surface area contributed by atoms with Crippen molar-refractivity contribution in [2.75, 3.05) is 24.6 Å². The van der Waals surface area contributed by atoms with Crippen LogP contribution in [0.4, 0.5) is 0 Å². The first-order valence-corrected chi connectivity index (χ1v) is 11.5. The van der Waals surface area contributed by atoms with Crippen molar-refractivity contribution in [2.24, 2.45) is 5.73 Å². The molecule has 0 spiro atoms. The van der Waals surface area contributed by atoms with E-state index in [9.17, 15) is 21.6 Å². The minimum Gasteiger partial charge on any atom is -0.352 e. The lowest BCUT2D eigenvalue weighted by atomic mass is 10.0. The van der Waals surface area contributed by atoms with Crippen LogP contribution in [0.5, 0.6) is 0 Å². The number of hydrogen-bond acceptors (Lipinski definition) is 6. The van der Waals surface area contributed by atoms with Crippen LogP contribution in [0, 0.1) is 0 Å². The molecule has 0 aliphatic carbocycles. The summed E-state index contributed by atoms with van der Waals surface area (Å²) in [6.45, 7) is 3.49. The summed E-state index contributed by atoms with van der Waals surface area (Å²) >= 11 is 0. The van der Waals surface area contributed by atoms with Gasteiger partial charge in [0.25, 0.3) is 0 Å². The molecule has 1 amide bonds. The predicted molar refractivity (Wildman–Crippen MR) is 98.6 cm³/mol. The third-order valence-corrected chi connectivity index (χ3v) is 8.43. The van der Waals surface area contributed by atoms with Crippen molar-refractivity contribution < 1.29 is 21.6 Å². The van der Waals surface area contributed by atoms with Gasteiger partial charge in [-0.2, -0.15) is 4.31 Å². The first-order valence-electron chi connectivity index (χ1n) is 8.27. The third-order valence-electron chi connectivity index (χ3n) is 4.47. The van der Waals surface area contributed by atoms with Crippen molar-refractivity contribution in [3.05, 3.63) is 29.8 Å². The lowest BCUT2D eigenvalue weighted by molar-refractivity contribution is -0.119. The van der Waals surface area contributed by atoms with Crippen molar-refractivity contribution in [1.29, 1.82) is 0 Å². The number of nitrogens with two attached hydrogens (primary N) is 1. The van der Waals surface area contributed by atoms with Gasteiger partial charge in [-0.25, -0.2) is 16.8 Å². The van der Waals surface area contributed by atoms with E-state index in [1.807, 2.05) is 0 Å². The van der Waals surface area contributed by atoms with Gasteiger partial charge in [0.05, 0.1) is 16.4 Å². The van der Waals surface area contributed by atoms with Crippen molar-refractivity contribution >= 4 is 25.8 Å². The molecule has 3 N–H and O–H groups in total. The van der Waals surface area contributed by atoms with Crippen LogP contribution in [-0.4, -0.2) is 57.2 Å². The second-order valence-electron chi connectivity index (χ2n) is 6.76. The highest BCUT2D eigenvalue weighted by Gasteiger charge is 2.47. The van der Waals surface area contributed by atoms with Gasteiger partial charge in [0.1, 0.15) is 0 Å². The smallest absolute Gasteiger partial charge is 0.243 e. The van der Waals surface area contributed by atoms with Gasteiger partial charge in [-0.15, -0.1) is 0 Å². The zero-order chi connectivity index (χ0) is 19.6. The number of carbonyl (C=O) groups is 1. The van der Waals surface area contributed by atoms with E-state index in [0.717, 1.165) is 5.56 Å². The molecule has 8 nitrogen and oxygen atoms in total. The van der Waals surface area contributed by atoms with Gasteiger partial charge in [0.2, 0.25) is 15.9 Å². The van der Waals surface area contributed by atoms with Crippen LogP contribution in [0.15, 0.2) is 29.2 Å². The molecule has 0 unspecified atom stereocenters. The van der Waals surface area contributed by atoms with E-state index in [2.05, 4.69) is 5.32 Å². The summed E-state index contributed by atoms with van der Waals surface area (Å²) in [5.74, 6) is -0.415. The Morgan fingerprint density at radius 3 is 2.38 bits per heavy atom. The standard InChI is InChI=1S/C16H25N3O5S2/c1-13(20)18-11-14-3-5-15(6-4-14)26(23,24)19(9-8-17)16(2)7-10-25(21,22)12-16/h3-6H,7-12,17H2,1-2H3,(H,18,20)/t16-/m1/s1. The maximum Gasteiger partial charge on any atom is 0.243 e. The third kappa shape index (κ3) is 4.61. The topological polar surface area (TPSA) is 127 Å². The highest BCUT2D eigenvalue weighted by Crippen LogP contribution is 2.33. The maximum absolute atomic E-state index is 13.1. The van der Waals surface area contributed by atoms with Crippen LogP contribution in [0.3, 0.4) is 0 Å². The fourth-order valence-corrected chi connectivity index (χ4v) is 7.16. The Bertz CT molecular complexity index is 866. The maximum atomic E-state index is 13.1. The molecule has 1 fully saturated rings. The average molecular weight is 404 g/mol. The number of nitrogens with one attached hydrogen (secondary N) is 1. The Morgan fingerprint density at radius 2 is 1.92 bits per heavy atom. The minimum atomic E-state index is -3.90. The summed E-state index contributed by atoms with van der Waals surface area (Å²) in [7, 11) is -7.17. The van der Waals surface area contributed by atoms with E-state index in [0.29, 0.717) is 6.54 Å². The second-order valence-corrected chi connectivity index (χ2v) is 10.8. The number of sulfone groups is 1. The number of carbonyl (C=O) groups excluding carboxylic acids is 1. The quantitative estimate of drug-likeness (QED) is 0.652. The Kier molecular flexibility index (Phi) is 6.11. The van der Waals surface area contributed by atoms with E-state index >= 15 is 0 Å². The number of amides is 1. The van der Waals surface area contributed by atoms with Gasteiger partial charge in [-0.05, 0) is 31.0 Å². The van der Waals surface area contributed by atoms with Gasteiger partial charge < -0.3 is 11.1 Å². The SMILES string of the molecule is CC(=O)NCc1ccc(S(=O)(=O)N(CCN)[C@]2(C)CCS(=O)(=O)C2)cc1. The Morgan fingerprint density at radius 1 is 1.31 bits per heavy atom. The fraction of sp³-hybridized carbons (Fsp3) is 0.562. The fourth-order valence-electron chi connectivity index (χ4n) is 3.12. The number of sulfonamides is 1. The van der Waals surface area contributed by atoms with Gasteiger partial charge in [0.15, 0.2) is 9.84 Å². The molecule has 0 aromatic heterocycles. The number of benzene rings is 1. The summed E-state index contributed by atoms with van der Waals surface area (Å²) in [5, 5.41) is 2.64. The van der Waals surface area contributed by atoms with Crippen LogP contribution < -0.4 is 11.1 Å². The summed E-state index contributed by atoms with van der Waals surface area (Å²) in [6.07, 6.45) is 0.245. The van der Waals surface area contributed by atoms with Crippen molar-refractivity contribution in [1.82, 2.24) is 9.62 Å². The van der Waals surface area contributed by atoms with E-state index in [1.54, 1.807) is 19.1 Å². The van der Waals surface area contributed by atoms with Crippen LogP contribution >= 0.6 is 0 Å². The Labute approximate surface area is 154 Å². The predicted octanol–water partition coefficient (Wildman–Crippen LogP) is -0.151. The Balaban J connectivity index is 2.31. The van der Waals surface area contributed by atoms with Crippen molar-refractivity contribution in [3.63, 3.8) is 0 Å². The normalized spacial score (nSPS) is 22.5. The highest BCUT2D eigenvalue weighted by molar-refractivity contribution is 7.92. The molecule has 146 valence electrons. The minimum absolute atomic E-state index is 0.0320. The number of rotatable bonds is 7. The monoisotopic (exact) mass is 403 g/mol. The largest absolute Gasteiger partial charge is 0.352 e. The zero-order valence-corrected chi connectivity index (χ0v) is 16.6. The number of nitrogens with zero attached hydrogens (tertiary/aromatic N) is 1. The van der Waals surface area contributed by atoms with Crippen LogP contribution in [-0.2, 0) is 31.2 Å². The molecule has 1 atom stereocenters.